The lowest BCUT2D eigenvalue weighted by Gasteiger charge is -2.12. The number of nitrogens with one attached hydrogen (secondary N) is 3. The summed E-state index contributed by atoms with van der Waals surface area (Å²) in [6, 6.07) is 16.5. The van der Waals surface area contributed by atoms with Crippen LogP contribution in [0.2, 0.25) is 5.02 Å². The topological polar surface area (TPSA) is 96.5 Å². The molecule has 3 aromatic carbocycles. The zero-order valence-corrected chi connectivity index (χ0v) is 22.2. The maximum atomic E-state index is 12.7. The van der Waals surface area contributed by atoms with Gasteiger partial charge in [-0.15, -0.1) is 0 Å². The maximum absolute atomic E-state index is 12.7. The molecule has 34 heavy (non-hydrogen) atoms. The van der Waals surface area contributed by atoms with Crippen molar-refractivity contribution in [1.29, 1.82) is 0 Å². The number of aryl methyl sites for hydroxylation is 2. The Morgan fingerprint density at radius 2 is 1.65 bits per heavy atom. The van der Waals surface area contributed by atoms with Gasteiger partial charge in [-0.05, 0) is 91.8 Å². The molecule has 0 spiro atoms. The predicted molar refractivity (Wildman–Crippen MR) is 142 cm³/mol. The van der Waals surface area contributed by atoms with E-state index < -0.39 is 15.9 Å². The summed E-state index contributed by atoms with van der Waals surface area (Å²) in [4.78, 5) is 12.2. The summed E-state index contributed by atoms with van der Waals surface area (Å²) in [5.41, 5.74) is 2.92. The molecule has 0 aliphatic heterocycles. The number of benzene rings is 3. The molecule has 3 N–H and O–H groups in total. The third-order valence-corrected chi connectivity index (χ3v) is 6.79. The summed E-state index contributed by atoms with van der Waals surface area (Å²) >= 11 is 14.5. The molecular weight excluding hydrogens is 562 g/mol. The van der Waals surface area contributed by atoms with Crippen molar-refractivity contribution in [2.45, 2.75) is 18.7 Å². The standard InChI is InChI=1S/C23H21BrClN3O4S2/c1-14-9-15(2)11-18(10-14)28-34(30,31)19-6-4-17(5-7-19)26-23(33)27-22(29)13-32-21-8-3-16(24)12-20(21)25/h3-12,28H,13H2,1-2H3,(H2,26,27,29,33). The lowest BCUT2D eigenvalue weighted by atomic mass is 10.1. The quantitative estimate of drug-likeness (QED) is 0.322. The second-order valence-electron chi connectivity index (χ2n) is 7.37. The molecule has 0 bridgehead atoms. The van der Waals surface area contributed by atoms with Crippen molar-refractivity contribution in [1.82, 2.24) is 5.32 Å². The van der Waals surface area contributed by atoms with E-state index >= 15 is 0 Å². The van der Waals surface area contributed by atoms with Crippen molar-refractivity contribution in [3.8, 4) is 5.75 Å². The van der Waals surface area contributed by atoms with Gasteiger partial charge in [-0.25, -0.2) is 8.42 Å². The number of carbonyl (C=O) groups excluding carboxylic acids is 1. The van der Waals surface area contributed by atoms with E-state index in [1.807, 2.05) is 19.9 Å². The van der Waals surface area contributed by atoms with Gasteiger partial charge in [0.05, 0.1) is 9.92 Å². The summed E-state index contributed by atoms with van der Waals surface area (Å²) in [5.74, 6) is -0.113. The molecule has 0 aliphatic carbocycles. The van der Waals surface area contributed by atoms with E-state index in [0.717, 1.165) is 15.6 Å². The number of amides is 1. The van der Waals surface area contributed by atoms with Crippen molar-refractivity contribution in [2.75, 3.05) is 16.6 Å². The number of carbonyl (C=O) groups is 1. The number of hydrogen-bond acceptors (Lipinski definition) is 5. The van der Waals surface area contributed by atoms with Gasteiger partial charge in [-0.2, -0.15) is 0 Å². The first-order chi connectivity index (χ1) is 16.0. The molecule has 0 heterocycles. The van der Waals surface area contributed by atoms with Crippen LogP contribution in [0.5, 0.6) is 5.75 Å². The molecule has 3 aromatic rings. The molecule has 0 aromatic heterocycles. The Labute approximate surface area is 217 Å². The lowest BCUT2D eigenvalue weighted by Crippen LogP contribution is -2.37. The Kier molecular flexibility index (Phi) is 8.53. The minimum atomic E-state index is -3.76. The van der Waals surface area contributed by atoms with Crippen LogP contribution in [0.15, 0.2) is 70.0 Å². The van der Waals surface area contributed by atoms with Crippen molar-refractivity contribution in [3.63, 3.8) is 0 Å². The first kappa shape index (κ1) is 26.0. The van der Waals surface area contributed by atoms with Crippen molar-refractivity contribution >= 4 is 72.2 Å². The molecular formula is C23H21BrClN3O4S2. The summed E-state index contributed by atoms with van der Waals surface area (Å²) in [7, 11) is -3.76. The molecule has 178 valence electrons. The third kappa shape index (κ3) is 7.42. The van der Waals surface area contributed by atoms with Crippen molar-refractivity contribution in [3.05, 3.63) is 81.3 Å². The highest BCUT2D eigenvalue weighted by Crippen LogP contribution is 2.27. The molecule has 0 aliphatic rings. The Hall–Kier alpha value is -2.66. The largest absolute Gasteiger partial charge is 0.482 e. The van der Waals surface area contributed by atoms with Gasteiger partial charge in [0.15, 0.2) is 11.7 Å². The van der Waals surface area contributed by atoms with Gasteiger partial charge in [-0.1, -0.05) is 33.6 Å². The first-order valence-corrected chi connectivity index (χ1v) is 13.0. The van der Waals surface area contributed by atoms with E-state index in [1.54, 1.807) is 42.5 Å². The van der Waals surface area contributed by atoms with Gasteiger partial charge in [-0.3, -0.25) is 14.8 Å². The molecule has 3 rings (SSSR count). The van der Waals surface area contributed by atoms with Crippen LogP contribution in [0.4, 0.5) is 11.4 Å². The van der Waals surface area contributed by atoms with Crippen LogP contribution < -0.4 is 20.1 Å². The summed E-state index contributed by atoms with van der Waals surface area (Å²) in [6.45, 7) is 3.51. The average Bonchev–Trinajstić information content (AvgIpc) is 2.72. The van der Waals surface area contributed by atoms with E-state index in [1.165, 1.54) is 12.1 Å². The van der Waals surface area contributed by atoms with Gasteiger partial charge in [0.25, 0.3) is 15.9 Å². The number of rotatable bonds is 7. The monoisotopic (exact) mass is 581 g/mol. The maximum Gasteiger partial charge on any atom is 0.264 e. The highest BCUT2D eigenvalue weighted by atomic mass is 79.9. The van der Waals surface area contributed by atoms with E-state index in [4.69, 9.17) is 28.6 Å². The minimum absolute atomic E-state index is 0.0412. The predicted octanol–water partition coefficient (Wildman–Crippen LogP) is 5.41. The summed E-state index contributed by atoms with van der Waals surface area (Å²) < 4.78 is 34.2. The molecule has 0 saturated heterocycles. The highest BCUT2D eigenvalue weighted by molar-refractivity contribution is 9.10. The van der Waals surface area contributed by atoms with Gasteiger partial charge < -0.3 is 10.1 Å². The normalized spacial score (nSPS) is 10.9. The van der Waals surface area contributed by atoms with E-state index in [0.29, 0.717) is 22.1 Å². The third-order valence-electron chi connectivity index (χ3n) is 4.40. The SMILES string of the molecule is Cc1cc(C)cc(NS(=O)(=O)c2ccc(NC(=S)NC(=O)COc3ccc(Br)cc3Cl)cc2)c1. The van der Waals surface area contributed by atoms with Gasteiger partial charge in [0.2, 0.25) is 0 Å². The summed E-state index contributed by atoms with van der Waals surface area (Å²) in [5, 5.41) is 5.73. The van der Waals surface area contributed by atoms with Gasteiger partial charge in [0.1, 0.15) is 5.75 Å². The zero-order valence-electron chi connectivity index (χ0n) is 18.2. The van der Waals surface area contributed by atoms with Crippen LogP contribution in [-0.4, -0.2) is 26.0 Å². The summed E-state index contributed by atoms with van der Waals surface area (Å²) in [6.07, 6.45) is 0. The second-order valence-corrected chi connectivity index (χ2v) is 10.8. The number of hydrogen-bond donors (Lipinski definition) is 3. The molecule has 0 saturated carbocycles. The number of halogens is 2. The molecule has 0 atom stereocenters. The molecule has 0 radical (unpaired) electrons. The highest BCUT2D eigenvalue weighted by Gasteiger charge is 2.15. The molecule has 0 unspecified atom stereocenters. The number of ether oxygens (including phenoxy) is 1. The molecule has 7 nitrogen and oxygen atoms in total. The zero-order chi connectivity index (χ0) is 24.9. The fraction of sp³-hybridized carbons (Fsp3) is 0.130. The van der Waals surface area contributed by atoms with Crippen LogP contribution >= 0.6 is 39.7 Å². The van der Waals surface area contributed by atoms with Crippen molar-refractivity contribution in [2.24, 2.45) is 0 Å². The van der Waals surface area contributed by atoms with Gasteiger partial charge >= 0.3 is 0 Å². The Bertz CT molecular complexity index is 1310. The molecule has 0 fully saturated rings. The van der Waals surface area contributed by atoms with E-state index in [9.17, 15) is 13.2 Å². The van der Waals surface area contributed by atoms with Crippen LogP contribution in [-0.2, 0) is 14.8 Å². The Balaban J connectivity index is 1.55. The van der Waals surface area contributed by atoms with Crippen LogP contribution in [0.1, 0.15) is 11.1 Å². The first-order valence-electron chi connectivity index (χ1n) is 9.92. The van der Waals surface area contributed by atoms with Crippen molar-refractivity contribution < 1.29 is 17.9 Å². The fourth-order valence-electron chi connectivity index (χ4n) is 3.03. The smallest absolute Gasteiger partial charge is 0.264 e. The fourth-order valence-corrected chi connectivity index (χ4v) is 5.03. The van der Waals surface area contributed by atoms with Crippen LogP contribution in [0, 0.1) is 13.8 Å². The van der Waals surface area contributed by atoms with Gasteiger partial charge in [0, 0.05) is 15.8 Å². The Morgan fingerprint density at radius 1 is 1.00 bits per heavy atom. The average molecular weight is 583 g/mol. The molecule has 11 heteroatoms. The van der Waals surface area contributed by atoms with Crippen LogP contribution in [0.3, 0.4) is 0 Å². The minimum Gasteiger partial charge on any atom is -0.482 e. The van der Waals surface area contributed by atoms with Crippen LogP contribution in [0.25, 0.3) is 0 Å². The lowest BCUT2D eigenvalue weighted by molar-refractivity contribution is -0.121. The van der Waals surface area contributed by atoms with E-state index in [2.05, 4.69) is 31.3 Å². The number of sulfonamides is 1. The molecule has 1 amide bonds. The van der Waals surface area contributed by atoms with E-state index in [-0.39, 0.29) is 16.6 Å². The Morgan fingerprint density at radius 3 is 2.26 bits per heavy atom. The number of thiocarbonyl (C=S) groups is 1. The number of anilines is 2. The second kappa shape index (κ2) is 11.2.